The average molecular weight is 253 g/mol. The lowest BCUT2D eigenvalue weighted by Crippen LogP contribution is -2.06. The van der Waals surface area contributed by atoms with E-state index in [0.29, 0.717) is 0 Å². The van der Waals surface area contributed by atoms with E-state index in [9.17, 15) is 0 Å². The molecule has 2 aromatic rings. The molecule has 0 atom stereocenters. The van der Waals surface area contributed by atoms with Crippen LogP contribution in [0, 0.1) is 0 Å². The van der Waals surface area contributed by atoms with Gasteiger partial charge in [-0.1, -0.05) is 6.92 Å². The molecule has 1 fully saturated rings. The molecule has 0 bridgehead atoms. The number of aromatic nitrogens is 4. The summed E-state index contributed by atoms with van der Waals surface area (Å²) in [5.74, 6) is 1.05. The van der Waals surface area contributed by atoms with Crippen molar-refractivity contribution in [2.75, 3.05) is 0 Å². The lowest BCUT2D eigenvalue weighted by molar-refractivity contribution is 0.695. The van der Waals surface area contributed by atoms with Crippen LogP contribution >= 0.6 is 15.9 Å². The molecule has 0 aromatic carbocycles. The second kappa shape index (κ2) is 2.53. The predicted octanol–water partition coefficient (Wildman–Crippen LogP) is 1.94. The summed E-state index contributed by atoms with van der Waals surface area (Å²) in [7, 11) is 0. The van der Waals surface area contributed by atoms with Crippen LogP contribution in [0.2, 0.25) is 0 Å². The smallest absolute Gasteiger partial charge is 0.194 e. The van der Waals surface area contributed by atoms with E-state index in [1.165, 1.54) is 12.8 Å². The fraction of sp³-hybridized carbons (Fsp3) is 0.444. The molecule has 0 aliphatic heterocycles. The van der Waals surface area contributed by atoms with Crippen LogP contribution in [0.3, 0.4) is 0 Å². The van der Waals surface area contributed by atoms with Gasteiger partial charge in [0.25, 0.3) is 0 Å². The molecular weight excluding hydrogens is 244 g/mol. The van der Waals surface area contributed by atoms with E-state index in [0.717, 1.165) is 16.1 Å². The maximum atomic E-state index is 4.23. The Morgan fingerprint density at radius 3 is 2.93 bits per heavy atom. The summed E-state index contributed by atoms with van der Waals surface area (Å²) in [6, 6.07) is 0. The van der Waals surface area contributed by atoms with Gasteiger partial charge in [0.1, 0.15) is 5.82 Å². The molecule has 2 aromatic heterocycles. The lowest BCUT2D eigenvalue weighted by Gasteiger charge is -2.04. The Labute approximate surface area is 89.5 Å². The molecule has 0 N–H and O–H groups in total. The zero-order chi connectivity index (χ0) is 9.76. The SMILES string of the molecule is CC1(c2nnc3c(Br)nccn23)CC1. The number of fused-ring (bicyclic) bond motifs is 1. The molecule has 5 heteroatoms. The van der Waals surface area contributed by atoms with Crippen molar-refractivity contribution in [2.24, 2.45) is 0 Å². The Kier molecular flexibility index (Phi) is 1.51. The number of nitrogens with zero attached hydrogens (tertiary/aromatic N) is 4. The lowest BCUT2D eigenvalue weighted by atomic mass is 10.1. The van der Waals surface area contributed by atoms with E-state index in [1.807, 2.05) is 10.6 Å². The van der Waals surface area contributed by atoms with Gasteiger partial charge >= 0.3 is 0 Å². The zero-order valence-corrected chi connectivity index (χ0v) is 9.32. The molecular formula is C9H9BrN4. The molecule has 14 heavy (non-hydrogen) atoms. The molecule has 0 spiro atoms. The first kappa shape index (κ1) is 8.35. The first-order valence-corrected chi connectivity index (χ1v) is 5.36. The zero-order valence-electron chi connectivity index (χ0n) is 7.74. The third-order valence-corrected chi connectivity index (χ3v) is 3.38. The molecule has 2 heterocycles. The van der Waals surface area contributed by atoms with Crippen LogP contribution in [-0.4, -0.2) is 19.6 Å². The molecule has 0 amide bonds. The van der Waals surface area contributed by atoms with Gasteiger partial charge in [-0.2, -0.15) is 0 Å². The second-order valence-electron chi connectivity index (χ2n) is 4.00. The van der Waals surface area contributed by atoms with E-state index in [2.05, 4.69) is 38.0 Å². The Morgan fingerprint density at radius 2 is 2.21 bits per heavy atom. The van der Waals surface area contributed by atoms with Crippen LogP contribution in [0.25, 0.3) is 5.65 Å². The number of halogens is 1. The highest BCUT2D eigenvalue weighted by Gasteiger charge is 2.43. The van der Waals surface area contributed by atoms with Crippen molar-refractivity contribution < 1.29 is 0 Å². The topological polar surface area (TPSA) is 43.1 Å². The highest BCUT2D eigenvalue weighted by Crippen LogP contribution is 2.46. The molecule has 0 saturated heterocycles. The summed E-state index contributed by atoms with van der Waals surface area (Å²) in [5.41, 5.74) is 1.04. The summed E-state index contributed by atoms with van der Waals surface area (Å²) in [6.07, 6.45) is 6.08. The minimum absolute atomic E-state index is 0.236. The first-order chi connectivity index (χ1) is 6.71. The van der Waals surface area contributed by atoms with E-state index in [-0.39, 0.29) is 5.41 Å². The van der Waals surface area contributed by atoms with E-state index < -0.39 is 0 Å². The number of hydrogen-bond acceptors (Lipinski definition) is 3. The summed E-state index contributed by atoms with van der Waals surface area (Å²) in [6.45, 7) is 2.22. The van der Waals surface area contributed by atoms with Crippen molar-refractivity contribution in [1.29, 1.82) is 0 Å². The molecule has 4 nitrogen and oxygen atoms in total. The van der Waals surface area contributed by atoms with Gasteiger partial charge in [0.15, 0.2) is 10.3 Å². The summed E-state index contributed by atoms with van der Waals surface area (Å²) in [4.78, 5) is 4.12. The maximum Gasteiger partial charge on any atom is 0.194 e. The van der Waals surface area contributed by atoms with Crippen LogP contribution < -0.4 is 0 Å². The Hall–Kier alpha value is -0.970. The molecule has 3 rings (SSSR count). The van der Waals surface area contributed by atoms with Crippen LogP contribution in [0.5, 0.6) is 0 Å². The van der Waals surface area contributed by atoms with Crippen LogP contribution in [-0.2, 0) is 5.41 Å². The standard InChI is InChI=1S/C9H9BrN4/c1-9(2-3-9)8-13-12-7-6(10)11-4-5-14(7)8/h4-5H,2-3H2,1H3. The van der Waals surface area contributed by atoms with Gasteiger partial charge in [-0.3, -0.25) is 4.40 Å². The van der Waals surface area contributed by atoms with Gasteiger partial charge < -0.3 is 0 Å². The molecule has 1 aliphatic rings. The predicted molar refractivity (Wildman–Crippen MR) is 55.1 cm³/mol. The summed E-state index contributed by atoms with van der Waals surface area (Å²) in [5, 5.41) is 8.36. The van der Waals surface area contributed by atoms with E-state index >= 15 is 0 Å². The molecule has 1 aliphatic carbocycles. The Balaban J connectivity index is 2.32. The van der Waals surface area contributed by atoms with Crippen LogP contribution in [0.15, 0.2) is 17.0 Å². The summed E-state index contributed by atoms with van der Waals surface area (Å²) < 4.78 is 2.77. The monoisotopic (exact) mass is 252 g/mol. The molecule has 1 saturated carbocycles. The fourth-order valence-corrected chi connectivity index (χ4v) is 2.01. The normalized spacial score (nSPS) is 18.7. The van der Waals surface area contributed by atoms with Crippen molar-refractivity contribution in [2.45, 2.75) is 25.2 Å². The largest absolute Gasteiger partial charge is 0.282 e. The molecule has 0 unspecified atom stereocenters. The summed E-state index contributed by atoms with van der Waals surface area (Å²) >= 11 is 3.36. The fourth-order valence-electron chi connectivity index (χ4n) is 1.62. The molecule has 0 radical (unpaired) electrons. The number of hydrogen-bond donors (Lipinski definition) is 0. The van der Waals surface area contributed by atoms with Gasteiger partial charge in [0.05, 0.1) is 0 Å². The van der Waals surface area contributed by atoms with Gasteiger partial charge in [-0.15, -0.1) is 10.2 Å². The average Bonchev–Trinajstić information content (AvgIpc) is 2.77. The van der Waals surface area contributed by atoms with Crippen molar-refractivity contribution in [3.8, 4) is 0 Å². The van der Waals surface area contributed by atoms with Crippen LogP contribution in [0.1, 0.15) is 25.6 Å². The van der Waals surface area contributed by atoms with Crippen molar-refractivity contribution in [3.05, 3.63) is 22.8 Å². The third kappa shape index (κ3) is 1.02. The van der Waals surface area contributed by atoms with Crippen molar-refractivity contribution in [1.82, 2.24) is 19.6 Å². The molecule has 72 valence electrons. The van der Waals surface area contributed by atoms with Gasteiger partial charge in [-0.05, 0) is 28.8 Å². The van der Waals surface area contributed by atoms with Gasteiger partial charge in [0, 0.05) is 17.8 Å². The highest BCUT2D eigenvalue weighted by atomic mass is 79.9. The maximum absolute atomic E-state index is 4.23. The van der Waals surface area contributed by atoms with E-state index in [4.69, 9.17) is 0 Å². The van der Waals surface area contributed by atoms with Gasteiger partial charge in [0.2, 0.25) is 0 Å². The minimum atomic E-state index is 0.236. The van der Waals surface area contributed by atoms with Crippen molar-refractivity contribution >= 4 is 21.6 Å². The van der Waals surface area contributed by atoms with E-state index in [1.54, 1.807) is 6.20 Å². The highest BCUT2D eigenvalue weighted by molar-refractivity contribution is 9.10. The van der Waals surface area contributed by atoms with Crippen molar-refractivity contribution in [3.63, 3.8) is 0 Å². The quantitative estimate of drug-likeness (QED) is 0.780. The Bertz CT molecular complexity index is 500. The third-order valence-electron chi connectivity index (χ3n) is 2.82. The minimum Gasteiger partial charge on any atom is -0.282 e. The first-order valence-electron chi connectivity index (χ1n) is 4.56. The van der Waals surface area contributed by atoms with Crippen LogP contribution in [0.4, 0.5) is 0 Å². The van der Waals surface area contributed by atoms with Gasteiger partial charge in [-0.25, -0.2) is 4.98 Å². The Morgan fingerprint density at radius 1 is 1.43 bits per heavy atom. The number of rotatable bonds is 1. The second-order valence-corrected chi connectivity index (χ2v) is 4.75.